The number of allylic oxidation sites excluding steroid dienone is 1. The van der Waals surface area contributed by atoms with E-state index in [0.29, 0.717) is 0 Å². The summed E-state index contributed by atoms with van der Waals surface area (Å²) < 4.78 is 0. The van der Waals surface area contributed by atoms with Crippen LogP contribution in [0.3, 0.4) is 0 Å². The number of benzene rings is 1. The zero-order valence-corrected chi connectivity index (χ0v) is 12.8. The third kappa shape index (κ3) is 3.37. The Balaban J connectivity index is 1.50. The maximum atomic E-state index is 4.54. The zero-order chi connectivity index (χ0) is 14.7. The highest BCUT2D eigenvalue weighted by molar-refractivity contribution is 7.09. The summed E-state index contributed by atoms with van der Waals surface area (Å²) in [5, 5.41) is 6.61. The molecule has 4 nitrogen and oxygen atoms in total. The maximum Gasteiger partial charge on any atom is 0.121 e. The van der Waals surface area contributed by atoms with E-state index in [9.17, 15) is 0 Å². The van der Waals surface area contributed by atoms with Gasteiger partial charge in [-0.25, -0.2) is 9.97 Å². The van der Waals surface area contributed by atoms with Crippen molar-refractivity contribution in [3.8, 4) is 0 Å². The molecule has 21 heavy (non-hydrogen) atoms. The first kappa shape index (κ1) is 14.0. The van der Waals surface area contributed by atoms with Gasteiger partial charge in [0.05, 0.1) is 28.3 Å². The van der Waals surface area contributed by atoms with Crippen LogP contribution in [0.2, 0.25) is 0 Å². The van der Waals surface area contributed by atoms with Gasteiger partial charge in [0.2, 0.25) is 0 Å². The molecule has 3 aromatic rings. The van der Waals surface area contributed by atoms with Gasteiger partial charge in [0, 0.05) is 18.3 Å². The molecule has 108 valence electrons. The molecular formula is C16H18N4S. The smallest absolute Gasteiger partial charge is 0.121 e. The fourth-order valence-electron chi connectivity index (χ4n) is 2.11. The average molecular weight is 298 g/mol. The van der Waals surface area contributed by atoms with E-state index < -0.39 is 0 Å². The highest BCUT2D eigenvalue weighted by Crippen LogP contribution is 2.16. The topological polar surface area (TPSA) is 53.6 Å². The number of thiazole rings is 1. The molecule has 3 rings (SSSR count). The second kappa shape index (κ2) is 6.20. The molecule has 2 N–H and O–H groups in total. The summed E-state index contributed by atoms with van der Waals surface area (Å²) in [6, 6.07) is 8.08. The van der Waals surface area contributed by atoms with Crippen LogP contribution in [0.1, 0.15) is 23.4 Å². The van der Waals surface area contributed by atoms with E-state index in [1.807, 2.05) is 31.2 Å². The third-order valence-electron chi connectivity index (χ3n) is 3.24. The molecule has 0 bridgehead atoms. The van der Waals surface area contributed by atoms with Gasteiger partial charge < -0.3 is 10.3 Å². The molecule has 0 spiro atoms. The Morgan fingerprint density at radius 2 is 2.19 bits per heavy atom. The number of fused-ring (bicyclic) bond motifs is 1. The Labute approximate surface area is 128 Å². The Morgan fingerprint density at radius 3 is 2.95 bits per heavy atom. The third-order valence-corrected chi connectivity index (χ3v) is 4.14. The van der Waals surface area contributed by atoms with E-state index in [-0.39, 0.29) is 0 Å². The minimum absolute atomic E-state index is 0.743. The van der Waals surface area contributed by atoms with Gasteiger partial charge in [-0.15, -0.1) is 11.3 Å². The van der Waals surface area contributed by atoms with E-state index >= 15 is 0 Å². The largest absolute Gasteiger partial charge is 0.341 e. The van der Waals surface area contributed by atoms with Crippen LogP contribution in [0.15, 0.2) is 36.2 Å². The van der Waals surface area contributed by atoms with Crippen LogP contribution in [0.5, 0.6) is 0 Å². The monoisotopic (exact) mass is 298 g/mol. The van der Waals surface area contributed by atoms with Gasteiger partial charge >= 0.3 is 0 Å². The fourth-order valence-corrected chi connectivity index (χ4v) is 2.99. The molecule has 0 atom stereocenters. The van der Waals surface area contributed by atoms with Crippen LogP contribution in [0.4, 0.5) is 0 Å². The molecule has 0 aliphatic heterocycles. The predicted molar refractivity (Wildman–Crippen MR) is 88.3 cm³/mol. The van der Waals surface area contributed by atoms with E-state index in [4.69, 9.17) is 0 Å². The molecule has 1 aromatic carbocycles. The minimum atomic E-state index is 0.743. The van der Waals surface area contributed by atoms with Gasteiger partial charge in [0.25, 0.3) is 0 Å². The highest BCUT2D eigenvalue weighted by atomic mass is 32.1. The molecule has 0 saturated heterocycles. The minimum Gasteiger partial charge on any atom is -0.341 e. The summed E-state index contributed by atoms with van der Waals surface area (Å²) >= 11 is 1.69. The van der Waals surface area contributed by atoms with Gasteiger partial charge in [0.1, 0.15) is 5.82 Å². The van der Waals surface area contributed by atoms with Crippen LogP contribution in [-0.4, -0.2) is 21.5 Å². The van der Waals surface area contributed by atoms with Crippen LogP contribution in [0, 0.1) is 0 Å². The first-order valence-electron chi connectivity index (χ1n) is 6.97. The van der Waals surface area contributed by atoms with Crippen molar-refractivity contribution in [3.63, 3.8) is 0 Å². The van der Waals surface area contributed by atoms with Crippen LogP contribution in [-0.2, 0) is 13.0 Å². The van der Waals surface area contributed by atoms with Crippen molar-refractivity contribution in [2.24, 2.45) is 0 Å². The number of para-hydroxylation sites is 2. The van der Waals surface area contributed by atoms with Crippen LogP contribution < -0.4 is 5.32 Å². The van der Waals surface area contributed by atoms with Crippen LogP contribution in [0.25, 0.3) is 16.6 Å². The van der Waals surface area contributed by atoms with Crippen molar-refractivity contribution in [3.05, 3.63) is 52.8 Å². The van der Waals surface area contributed by atoms with Crippen molar-refractivity contribution < 1.29 is 0 Å². The van der Waals surface area contributed by atoms with Crippen molar-refractivity contribution in [2.75, 3.05) is 6.54 Å². The first-order chi connectivity index (χ1) is 10.2. The predicted octanol–water partition coefficient (Wildman–Crippen LogP) is 3.38. The SMILES string of the molecule is C=C(C)c1csc(CCNCc2nc3ccccc3[nH]2)n1. The number of hydrogen-bond acceptors (Lipinski definition) is 4. The van der Waals surface area contributed by atoms with Gasteiger partial charge in [-0.1, -0.05) is 18.7 Å². The molecule has 0 amide bonds. The van der Waals surface area contributed by atoms with Crippen molar-refractivity contribution in [2.45, 2.75) is 19.9 Å². The summed E-state index contributed by atoms with van der Waals surface area (Å²) in [6.07, 6.45) is 0.929. The second-order valence-electron chi connectivity index (χ2n) is 5.03. The number of rotatable bonds is 6. The Hall–Kier alpha value is -1.98. The molecule has 5 heteroatoms. The van der Waals surface area contributed by atoms with Gasteiger partial charge in [-0.2, -0.15) is 0 Å². The zero-order valence-electron chi connectivity index (χ0n) is 12.0. The summed E-state index contributed by atoms with van der Waals surface area (Å²) in [5.74, 6) is 0.970. The van der Waals surface area contributed by atoms with Crippen LogP contribution >= 0.6 is 11.3 Å². The standard InChI is InChI=1S/C16H18N4S/c1-11(2)14-10-21-16(20-14)7-8-17-9-15-18-12-5-3-4-6-13(12)19-15/h3-6,10,17H,1,7-9H2,2H3,(H,18,19). The Kier molecular flexibility index (Phi) is 4.13. The summed E-state index contributed by atoms with van der Waals surface area (Å²) in [4.78, 5) is 12.4. The number of nitrogens with one attached hydrogen (secondary N) is 2. The number of nitrogens with zero attached hydrogens (tertiary/aromatic N) is 2. The lowest BCUT2D eigenvalue weighted by molar-refractivity contribution is 0.665. The number of aromatic amines is 1. The lowest BCUT2D eigenvalue weighted by Gasteiger charge is -2.00. The highest BCUT2D eigenvalue weighted by Gasteiger charge is 2.04. The van der Waals surface area contributed by atoms with E-state index in [2.05, 4.69) is 32.2 Å². The van der Waals surface area contributed by atoms with Gasteiger partial charge in [0.15, 0.2) is 0 Å². The molecule has 0 unspecified atom stereocenters. The fraction of sp³-hybridized carbons (Fsp3) is 0.250. The summed E-state index contributed by atoms with van der Waals surface area (Å²) in [6.45, 7) is 7.53. The molecule has 0 saturated carbocycles. The molecular weight excluding hydrogens is 280 g/mol. The normalized spacial score (nSPS) is 11.1. The average Bonchev–Trinajstić information content (AvgIpc) is 3.10. The number of aromatic nitrogens is 3. The second-order valence-corrected chi connectivity index (χ2v) is 5.98. The van der Waals surface area contributed by atoms with E-state index in [1.54, 1.807) is 11.3 Å². The van der Waals surface area contributed by atoms with Gasteiger partial charge in [-0.3, -0.25) is 0 Å². The summed E-state index contributed by atoms with van der Waals surface area (Å²) in [7, 11) is 0. The maximum absolute atomic E-state index is 4.54. The molecule has 0 fully saturated rings. The van der Waals surface area contributed by atoms with Crippen molar-refractivity contribution >= 4 is 27.9 Å². The number of hydrogen-bond donors (Lipinski definition) is 2. The quantitative estimate of drug-likeness (QED) is 0.686. The Bertz CT molecular complexity index is 723. The molecule has 0 aliphatic rings. The number of imidazole rings is 1. The lowest BCUT2D eigenvalue weighted by atomic mass is 10.3. The van der Waals surface area contributed by atoms with E-state index in [0.717, 1.165) is 52.6 Å². The van der Waals surface area contributed by atoms with Crippen molar-refractivity contribution in [1.82, 2.24) is 20.3 Å². The number of H-pyrrole nitrogens is 1. The van der Waals surface area contributed by atoms with Crippen molar-refractivity contribution in [1.29, 1.82) is 0 Å². The molecule has 0 radical (unpaired) electrons. The molecule has 2 heterocycles. The molecule has 0 aliphatic carbocycles. The van der Waals surface area contributed by atoms with E-state index in [1.165, 1.54) is 0 Å². The summed E-state index contributed by atoms with van der Waals surface area (Å²) in [5.41, 5.74) is 4.13. The Morgan fingerprint density at radius 1 is 1.33 bits per heavy atom. The molecule has 2 aromatic heterocycles. The first-order valence-corrected chi connectivity index (χ1v) is 7.85. The lowest BCUT2D eigenvalue weighted by Crippen LogP contribution is -2.17. The van der Waals surface area contributed by atoms with Gasteiger partial charge in [-0.05, 0) is 24.6 Å².